The number of pyridine rings is 1. The summed E-state index contributed by atoms with van der Waals surface area (Å²) in [5.41, 5.74) is 1.89. The van der Waals surface area contributed by atoms with Crippen molar-refractivity contribution in [1.82, 2.24) is 4.98 Å². The quantitative estimate of drug-likeness (QED) is 0.586. The van der Waals surface area contributed by atoms with E-state index in [0.29, 0.717) is 12.5 Å². The van der Waals surface area contributed by atoms with Crippen LogP contribution in [0.2, 0.25) is 0 Å². The van der Waals surface area contributed by atoms with Crippen LogP contribution in [0.15, 0.2) is 48.5 Å². The molecule has 0 saturated carbocycles. The van der Waals surface area contributed by atoms with Gasteiger partial charge in [-0.1, -0.05) is 19.1 Å². The first-order valence-electron chi connectivity index (χ1n) is 10.2. The Morgan fingerprint density at radius 3 is 2.55 bits per heavy atom. The van der Waals surface area contributed by atoms with E-state index in [0.717, 1.165) is 52.6 Å². The Morgan fingerprint density at radius 1 is 1.03 bits per heavy atom. The molecule has 1 aliphatic heterocycles. The average Bonchev–Trinajstić information content (AvgIpc) is 2.77. The lowest BCUT2D eigenvalue weighted by molar-refractivity contribution is 0.307. The number of nitrogens with zero attached hydrogens (tertiary/aromatic N) is 2. The number of benzene rings is 2. The molecule has 0 N–H and O–H groups in total. The summed E-state index contributed by atoms with van der Waals surface area (Å²) >= 11 is 0. The molecule has 1 saturated heterocycles. The molecule has 1 aromatic heterocycles. The highest BCUT2D eigenvalue weighted by atomic mass is 16.5. The maximum absolute atomic E-state index is 6.18. The number of ether oxygens (including phenoxy) is 3. The molecule has 5 heteroatoms. The molecule has 0 aliphatic carbocycles. The molecule has 5 nitrogen and oxygen atoms in total. The first-order valence-corrected chi connectivity index (χ1v) is 10.2. The summed E-state index contributed by atoms with van der Waals surface area (Å²) in [5.74, 6) is 4.02. The zero-order chi connectivity index (χ0) is 20.2. The highest BCUT2D eigenvalue weighted by molar-refractivity contribution is 5.86. The van der Waals surface area contributed by atoms with Crippen LogP contribution in [0.5, 0.6) is 17.2 Å². The smallest absolute Gasteiger partial charge is 0.146 e. The number of aromatic nitrogens is 1. The third-order valence-corrected chi connectivity index (χ3v) is 5.46. The number of anilines is 1. The Bertz CT molecular complexity index is 967. The molecule has 2 heterocycles. The Morgan fingerprint density at radius 2 is 1.83 bits per heavy atom. The fourth-order valence-corrected chi connectivity index (χ4v) is 3.91. The van der Waals surface area contributed by atoms with Gasteiger partial charge in [-0.3, -0.25) is 0 Å². The number of rotatable bonds is 6. The molecule has 4 rings (SSSR count). The molecule has 3 aromatic rings. The zero-order valence-corrected chi connectivity index (χ0v) is 17.4. The molecule has 0 bridgehead atoms. The van der Waals surface area contributed by atoms with Crippen LogP contribution >= 0.6 is 0 Å². The van der Waals surface area contributed by atoms with Crippen LogP contribution in [-0.4, -0.2) is 32.3 Å². The third kappa shape index (κ3) is 4.39. The molecule has 1 unspecified atom stereocenters. The van der Waals surface area contributed by atoms with Crippen molar-refractivity contribution in [2.75, 3.05) is 32.2 Å². The summed E-state index contributed by atoms with van der Waals surface area (Å²) in [6.07, 6.45) is 2.51. The Hall–Kier alpha value is -2.95. The largest absolute Gasteiger partial charge is 0.497 e. The van der Waals surface area contributed by atoms with Crippen LogP contribution in [0.4, 0.5) is 5.82 Å². The van der Waals surface area contributed by atoms with E-state index in [4.69, 9.17) is 19.2 Å². The monoisotopic (exact) mass is 392 g/mol. The van der Waals surface area contributed by atoms with Gasteiger partial charge >= 0.3 is 0 Å². The standard InChI is InChI=1S/C24H28N2O3/c1-17-6-5-11-26(15-17)23-10-9-19-7-4-8-22(24(19)25-23)29-16-18-12-20(27-2)14-21(13-18)28-3/h4,7-10,12-14,17H,5-6,11,15-16H2,1-3H3. The molecule has 29 heavy (non-hydrogen) atoms. The van der Waals surface area contributed by atoms with Crippen LogP contribution in [0, 0.1) is 5.92 Å². The second-order valence-electron chi connectivity index (χ2n) is 7.70. The molecule has 0 amide bonds. The SMILES string of the molecule is COc1cc(COc2cccc3ccc(N4CCCC(C)C4)nc23)cc(OC)c1. The second-order valence-corrected chi connectivity index (χ2v) is 7.70. The lowest BCUT2D eigenvalue weighted by Gasteiger charge is -2.32. The van der Waals surface area contributed by atoms with Gasteiger partial charge < -0.3 is 19.1 Å². The van der Waals surface area contributed by atoms with Crippen LogP contribution in [0.3, 0.4) is 0 Å². The summed E-state index contributed by atoms with van der Waals surface area (Å²) < 4.78 is 16.9. The molecular weight excluding hydrogens is 364 g/mol. The van der Waals surface area contributed by atoms with E-state index < -0.39 is 0 Å². The molecule has 0 radical (unpaired) electrons. The van der Waals surface area contributed by atoms with Crippen LogP contribution in [0.25, 0.3) is 10.9 Å². The summed E-state index contributed by atoms with van der Waals surface area (Å²) in [6.45, 7) is 4.85. The summed E-state index contributed by atoms with van der Waals surface area (Å²) in [4.78, 5) is 7.35. The van der Waals surface area contributed by atoms with Crippen LogP contribution in [0.1, 0.15) is 25.3 Å². The Kier molecular flexibility index (Phi) is 5.74. The van der Waals surface area contributed by atoms with Gasteiger partial charge in [-0.05, 0) is 54.7 Å². The first kappa shape index (κ1) is 19.4. The van der Waals surface area contributed by atoms with E-state index >= 15 is 0 Å². The first-order chi connectivity index (χ1) is 14.2. The highest BCUT2D eigenvalue weighted by Gasteiger charge is 2.18. The van der Waals surface area contributed by atoms with Crippen molar-refractivity contribution in [2.45, 2.75) is 26.4 Å². The minimum atomic E-state index is 0.416. The predicted molar refractivity (Wildman–Crippen MR) is 116 cm³/mol. The molecule has 2 aromatic carbocycles. The van der Waals surface area contributed by atoms with Gasteiger partial charge in [0.2, 0.25) is 0 Å². The second kappa shape index (κ2) is 8.60. The lowest BCUT2D eigenvalue weighted by atomic mass is 10.0. The Labute approximate surface area is 172 Å². The van der Waals surface area contributed by atoms with E-state index in [1.165, 1.54) is 12.8 Å². The molecule has 1 fully saturated rings. The number of hydrogen-bond donors (Lipinski definition) is 0. The normalized spacial score (nSPS) is 16.7. The van der Waals surface area contributed by atoms with Crippen molar-refractivity contribution in [3.8, 4) is 17.2 Å². The number of methoxy groups -OCH3 is 2. The Balaban J connectivity index is 1.59. The zero-order valence-electron chi connectivity index (χ0n) is 17.4. The molecule has 1 atom stereocenters. The molecule has 1 aliphatic rings. The minimum absolute atomic E-state index is 0.416. The summed E-state index contributed by atoms with van der Waals surface area (Å²) in [7, 11) is 3.30. The van der Waals surface area contributed by atoms with Gasteiger partial charge in [-0.15, -0.1) is 0 Å². The van der Waals surface area contributed by atoms with Crippen LogP contribution < -0.4 is 19.1 Å². The van der Waals surface area contributed by atoms with Gasteiger partial charge in [0, 0.05) is 24.5 Å². The van der Waals surface area contributed by atoms with Gasteiger partial charge in [0.25, 0.3) is 0 Å². The van der Waals surface area contributed by atoms with Crippen LogP contribution in [-0.2, 0) is 6.61 Å². The average molecular weight is 392 g/mol. The van der Waals surface area contributed by atoms with Gasteiger partial charge in [-0.25, -0.2) is 4.98 Å². The van der Waals surface area contributed by atoms with Gasteiger partial charge in [0.05, 0.1) is 14.2 Å². The number of hydrogen-bond acceptors (Lipinski definition) is 5. The minimum Gasteiger partial charge on any atom is -0.497 e. The fourth-order valence-electron chi connectivity index (χ4n) is 3.91. The van der Waals surface area contributed by atoms with E-state index in [1.54, 1.807) is 14.2 Å². The van der Waals surface area contributed by atoms with E-state index in [9.17, 15) is 0 Å². The lowest BCUT2D eigenvalue weighted by Crippen LogP contribution is -2.34. The van der Waals surface area contributed by atoms with E-state index in [2.05, 4.69) is 30.0 Å². The van der Waals surface area contributed by atoms with Gasteiger partial charge in [0.1, 0.15) is 35.2 Å². The van der Waals surface area contributed by atoms with E-state index in [-0.39, 0.29) is 0 Å². The maximum atomic E-state index is 6.18. The van der Waals surface area contributed by atoms with Crippen molar-refractivity contribution in [3.05, 3.63) is 54.1 Å². The van der Waals surface area contributed by atoms with Crippen molar-refractivity contribution < 1.29 is 14.2 Å². The molecule has 152 valence electrons. The number of para-hydroxylation sites is 1. The van der Waals surface area contributed by atoms with Gasteiger partial charge in [-0.2, -0.15) is 0 Å². The number of piperidine rings is 1. The van der Waals surface area contributed by atoms with Crippen molar-refractivity contribution in [1.29, 1.82) is 0 Å². The molecular formula is C24H28N2O3. The van der Waals surface area contributed by atoms with Gasteiger partial charge in [0.15, 0.2) is 0 Å². The topological polar surface area (TPSA) is 43.8 Å². The van der Waals surface area contributed by atoms with Crippen molar-refractivity contribution >= 4 is 16.7 Å². The molecule has 0 spiro atoms. The third-order valence-electron chi connectivity index (χ3n) is 5.46. The van der Waals surface area contributed by atoms with E-state index in [1.807, 2.05) is 30.3 Å². The highest BCUT2D eigenvalue weighted by Crippen LogP contribution is 2.30. The summed E-state index contributed by atoms with van der Waals surface area (Å²) in [6, 6.07) is 16.1. The van der Waals surface area contributed by atoms with Crippen molar-refractivity contribution in [2.24, 2.45) is 5.92 Å². The van der Waals surface area contributed by atoms with Crippen molar-refractivity contribution in [3.63, 3.8) is 0 Å². The predicted octanol–water partition coefficient (Wildman–Crippen LogP) is 5.07. The summed E-state index contributed by atoms with van der Waals surface area (Å²) in [5, 5.41) is 1.08. The number of fused-ring (bicyclic) bond motifs is 1. The maximum Gasteiger partial charge on any atom is 0.146 e. The fraction of sp³-hybridized carbons (Fsp3) is 0.375.